The number of halogens is 1. The van der Waals surface area contributed by atoms with Crippen LogP contribution in [0.3, 0.4) is 0 Å². The highest BCUT2D eigenvalue weighted by molar-refractivity contribution is 6.36. The van der Waals surface area contributed by atoms with E-state index in [-0.39, 0.29) is 18.4 Å². The zero-order valence-corrected chi connectivity index (χ0v) is 23.6. The van der Waals surface area contributed by atoms with Crippen molar-refractivity contribution in [2.45, 2.75) is 44.4 Å². The Morgan fingerprint density at radius 2 is 2.05 bits per heavy atom. The second-order valence-corrected chi connectivity index (χ2v) is 10.9. The summed E-state index contributed by atoms with van der Waals surface area (Å²) in [4.78, 5) is 32.8. The fourth-order valence-electron chi connectivity index (χ4n) is 5.65. The number of hydrogen-bond donors (Lipinski definition) is 0. The van der Waals surface area contributed by atoms with E-state index >= 15 is 0 Å². The fraction of sp³-hybridized carbons (Fsp3) is 0.433. The highest BCUT2D eigenvalue weighted by Crippen LogP contribution is 2.36. The number of benzene rings is 1. The molecule has 212 valence electrons. The summed E-state index contributed by atoms with van der Waals surface area (Å²) in [6.07, 6.45) is 8.49. The largest absolute Gasteiger partial charge is 0.461 e. The van der Waals surface area contributed by atoms with Gasteiger partial charge < -0.3 is 24.2 Å². The normalized spacial score (nSPS) is 18.6. The number of anilines is 2. The molecule has 1 saturated heterocycles. The molecule has 0 radical (unpaired) electrons. The van der Waals surface area contributed by atoms with Crippen molar-refractivity contribution in [1.82, 2.24) is 19.9 Å². The van der Waals surface area contributed by atoms with Gasteiger partial charge in [0.15, 0.2) is 0 Å². The summed E-state index contributed by atoms with van der Waals surface area (Å²) < 4.78 is 11.8. The Hall–Kier alpha value is -3.94. The molecular weight excluding hydrogens is 542 g/mol. The lowest BCUT2D eigenvalue weighted by molar-refractivity contribution is -0.128. The molecule has 0 N–H and O–H groups in total. The van der Waals surface area contributed by atoms with Crippen LogP contribution in [0.25, 0.3) is 10.8 Å². The van der Waals surface area contributed by atoms with Gasteiger partial charge in [0, 0.05) is 48.7 Å². The van der Waals surface area contributed by atoms with E-state index in [4.69, 9.17) is 31.0 Å². The monoisotopic (exact) mass is 573 g/mol. The second-order valence-electron chi connectivity index (χ2n) is 10.5. The molecule has 1 saturated carbocycles. The van der Waals surface area contributed by atoms with E-state index in [9.17, 15) is 10.1 Å². The first-order valence-electron chi connectivity index (χ1n) is 14.0. The minimum Gasteiger partial charge on any atom is -0.461 e. The van der Waals surface area contributed by atoms with Gasteiger partial charge in [0.2, 0.25) is 5.91 Å². The van der Waals surface area contributed by atoms with Gasteiger partial charge in [0.25, 0.3) is 0 Å². The van der Waals surface area contributed by atoms with Crippen LogP contribution in [-0.4, -0.2) is 77.3 Å². The zero-order chi connectivity index (χ0) is 28.3. The first-order chi connectivity index (χ1) is 20.1. The van der Waals surface area contributed by atoms with Crippen LogP contribution in [0.4, 0.5) is 11.5 Å². The maximum atomic E-state index is 12.5. The maximum absolute atomic E-state index is 12.5. The van der Waals surface area contributed by atoms with Gasteiger partial charge in [0.1, 0.15) is 12.4 Å². The summed E-state index contributed by atoms with van der Waals surface area (Å²) in [6.45, 7) is 7.32. The molecule has 6 rings (SSSR count). The third-order valence-electron chi connectivity index (χ3n) is 7.84. The predicted molar refractivity (Wildman–Crippen MR) is 156 cm³/mol. The average Bonchev–Trinajstić information content (AvgIpc) is 3.83. The Kier molecular flexibility index (Phi) is 7.90. The number of fused-ring (bicyclic) bond motifs is 2. The van der Waals surface area contributed by atoms with E-state index in [0.717, 1.165) is 52.9 Å². The van der Waals surface area contributed by atoms with E-state index in [1.54, 1.807) is 4.90 Å². The third-order valence-corrected chi connectivity index (χ3v) is 8.15. The van der Waals surface area contributed by atoms with Gasteiger partial charge in [0.05, 0.1) is 60.4 Å². The summed E-state index contributed by atoms with van der Waals surface area (Å²) in [7, 11) is 0. The third kappa shape index (κ3) is 5.78. The first kappa shape index (κ1) is 27.2. The summed E-state index contributed by atoms with van der Waals surface area (Å²) in [6, 6.07) is 8.12. The topological polar surface area (TPSA) is 108 Å². The molecule has 1 amide bonds. The number of nitrogens with zero attached hydrogens (tertiary/aromatic N) is 7. The Labute approximate surface area is 244 Å². The standard InChI is InChI=1S/C30H32ClN7O3/c1-2-27(39)38-13-12-37(18-21(38)8-10-32)29-23-9-11-36(26-17-33-16-20-4-3-5-24(31)28(20)26)19-25(23)34-30(35-29)41-15-14-40-22-6-7-22/h2-5,16-17,21-22H,1,6-9,11-15,18-19H2. The number of carbonyl (C=O) groups is 1. The molecule has 1 unspecified atom stereocenters. The van der Waals surface area contributed by atoms with E-state index in [1.165, 1.54) is 6.08 Å². The average molecular weight is 574 g/mol. The molecule has 1 atom stereocenters. The van der Waals surface area contributed by atoms with Crippen LogP contribution < -0.4 is 14.5 Å². The number of rotatable bonds is 9. The molecule has 10 nitrogen and oxygen atoms in total. The van der Waals surface area contributed by atoms with Crippen LogP contribution in [0.15, 0.2) is 43.2 Å². The zero-order valence-electron chi connectivity index (χ0n) is 22.8. The number of nitriles is 1. The summed E-state index contributed by atoms with van der Waals surface area (Å²) in [5, 5.41) is 12.1. The molecular formula is C30H32ClN7O3. The SMILES string of the molecule is C=CC(=O)N1CCN(c2nc(OCCOC3CC3)nc3c2CCN(c2cncc4cccc(Cl)c24)C3)CC1CC#N. The highest BCUT2D eigenvalue weighted by Gasteiger charge is 2.33. The highest BCUT2D eigenvalue weighted by atomic mass is 35.5. The maximum Gasteiger partial charge on any atom is 0.318 e. The van der Waals surface area contributed by atoms with Gasteiger partial charge in [-0.2, -0.15) is 15.2 Å². The lowest BCUT2D eigenvalue weighted by atomic mass is 10.0. The van der Waals surface area contributed by atoms with Crippen molar-refractivity contribution < 1.29 is 14.3 Å². The number of amides is 1. The smallest absolute Gasteiger partial charge is 0.318 e. The molecule has 4 heterocycles. The second kappa shape index (κ2) is 11.9. The molecule has 1 aromatic carbocycles. The summed E-state index contributed by atoms with van der Waals surface area (Å²) in [5.41, 5.74) is 2.90. The van der Waals surface area contributed by atoms with Crippen LogP contribution in [0.2, 0.25) is 5.02 Å². The lowest BCUT2D eigenvalue weighted by Gasteiger charge is -2.42. The van der Waals surface area contributed by atoms with Gasteiger partial charge in [-0.3, -0.25) is 9.78 Å². The Morgan fingerprint density at radius 1 is 1.17 bits per heavy atom. The van der Waals surface area contributed by atoms with Gasteiger partial charge in [-0.25, -0.2) is 0 Å². The molecule has 3 aromatic rings. The minimum absolute atomic E-state index is 0.160. The van der Waals surface area contributed by atoms with Crippen LogP contribution in [-0.2, 0) is 22.5 Å². The number of piperazine rings is 1. The summed E-state index contributed by atoms with van der Waals surface area (Å²) in [5.74, 6) is 0.641. The van der Waals surface area contributed by atoms with Gasteiger partial charge >= 0.3 is 6.01 Å². The molecule has 1 aliphatic carbocycles. The van der Waals surface area contributed by atoms with Crippen molar-refractivity contribution in [2.24, 2.45) is 0 Å². The predicted octanol–water partition coefficient (Wildman–Crippen LogP) is 3.92. The number of carbonyl (C=O) groups excluding carboxylic acids is 1. The van der Waals surface area contributed by atoms with Gasteiger partial charge in [-0.15, -0.1) is 0 Å². The van der Waals surface area contributed by atoms with Crippen LogP contribution in [0.5, 0.6) is 6.01 Å². The number of aromatic nitrogens is 3. The van der Waals surface area contributed by atoms with Crippen LogP contribution in [0.1, 0.15) is 30.5 Å². The molecule has 0 spiro atoms. The molecule has 0 bridgehead atoms. The molecule has 11 heteroatoms. The number of pyridine rings is 1. The molecule has 2 aromatic heterocycles. The van der Waals surface area contributed by atoms with Crippen molar-refractivity contribution in [3.63, 3.8) is 0 Å². The Balaban J connectivity index is 1.31. The van der Waals surface area contributed by atoms with Crippen LogP contribution >= 0.6 is 11.6 Å². The first-order valence-corrected chi connectivity index (χ1v) is 14.4. The summed E-state index contributed by atoms with van der Waals surface area (Å²) >= 11 is 6.64. The Bertz CT molecular complexity index is 1500. The van der Waals surface area contributed by atoms with Crippen molar-refractivity contribution in [3.05, 3.63) is 59.5 Å². The molecule has 2 aliphatic heterocycles. The van der Waals surface area contributed by atoms with E-state index in [2.05, 4.69) is 27.4 Å². The fourth-order valence-corrected chi connectivity index (χ4v) is 5.93. The van der Waals surface area contributed by atoms with Crippen molar-refractivity contribution in [3.8, 4) is 12.1 Å². The molecule has 2 fully saturated rings. The van der Waals surface area contributed by atoms with Crippen molar-refractivity contribution >= 4 is 39.8 Å². The van der Waals surface area contributed by atoms with Gasteiger partial charge in [-0.1, -0.05) is 30.3 Å². The van der Waals surface area contributed by atoms with E-state index in [1.807, 2.05) is 30.6 Å². The minimum atomic E-state index is -0.259. The van der Waals surface area contributed by atoms with Crippen LogP contribution in [0, 0.1) is 11.3 Å². The lowest BCUT2D eigenvalue weighted by Crippen LogP contribution is -2.55. The van der Waals surface area contributed by atoms with E-state index in [0.29, 0.717) is 63.0 Å². The Morgan fingerprint density at radius 3 is 2.85 bits per heavy atom. The quantitative estimate of drug-likeness (QED) is 0.278. The molecule has 41 heavy (non-hydrogen) atoms. The number of hydrogen-bond acceptors (Lipinski definition) is 9. The van der Waals surface area contributed by atoms with Crippen molar-refractivity contribution in [1.29, 1.82) is 5.26 Å². The molecule has 3 aliphatic rings. The van der Waals surface area contributed by atoms with E-state index < -0.39 is 0 Å². The van der Waals surface area contributed by atoms with Gasteiger partial charge in [-0.05, 0) is 31.4 Å². The number of ether oxygens (including phenoxy) is 2. The van der Waals surface area contributed by atoms with Crippen molar-refractivity contribution in [2.75, 3.05) is 49.2 Å².